The molecular formula is C9H10NO2. The molecule has 63 valence electrons. The third-order valence-electron chi connectivity index (χ3n) is 1.36. The summed E-state index contributed by atoms with van der Waals surface area (Å²) in [5, 5.41) is 0. The lowest BCUT2D eigenvalue weighted by Crippen LogP contribution is -2.10. The maximum atomic E-state index is 10.6. The molecule has 0 bridgehead atoms. The van der Waals surface area contributed by atoms with Crippen LogP contribution in [0.1, 0.15) is 5.56 Å². The van der Waals surface area contributed by atoms with Gasteiger partial charge in [0.15, 0.2) is 0 Å². The summed E-state index contributed by atoms with van der Waals surface area (Å²) in [6.45, 7) is 1.18. The Morgan fingerprint density at radius 1 is 1.42 bits per heavy atom. The molecule has 0 atom stereocenters. The van der Waals surface area contributed by atoms with E-state index in [1.807, 2.05) is 30.3 Å². The van der Waals surface area contributed by atoms with Gasteiger partial charge in [-0.25, -0.2) is 0 Å². The third kappa shape index (κ3) is 2.72. The first-order valence-electron chi connectivity index (χ1n) is 3.58. The average molecular weight is 164 g/mol. The van der Waals surface area contributed by atoms with Crippen molar-refractivity contribution in [1.82, 2.24) is 0 Å². The number of benzene rings is 1. The SMILES string of the molecule is N[CH]C(=O)OCc1ccccc1. The molecule has 1 rings (SSSR count). The number of hydrogen-bond acceptors (Lipinski definition) is 3. The fourth-order valence-electron chi connectivity index (χ4n) is 0.777. The molecule has 1 aromatic carbocycles. The lowest BCUT2D eigenvalue weighted by Gasteiger charge is -2.01. The van der Waals surface area contributed by atoms with Crippen LogP contribution in [0.3, 0.4) is 0 Å². The Hall–Kier alpha value is -1.35. The van der Waals surface area contributed by atoms with Crippen LogP contribution in [0.4, 0.5) is 0 Å². The zero-order valence-corrected chi connectivity index (χ0v) is 6.57. The highest BCUT2D eigenvalue weighted by Gasteiger charge is 1.98. The van der Waals surface area contributed by atoms with E-state index in [4.69, 9.17) is 10.5 Å². The maximum absolute atomic E-state index is 10.6. The minimum absolute atomic E-state index is 0.271. The highest BCUT2D eigenvalue weighted by Crippen LogP contribution is 2.00. The lowest BCUT2D eigenvalue weighted by molar-refractivity contribution is -0.140. The summed E-state index contributed by atoms with van der Waals surface area (Å²) in [6, 6.07) is 9.43. The van der Waals surface area contributed by atoms with Gasteiger partial charge >= 0.3 is 5.97 Å². The highest BCUT2D eigenvalue weighted by molar-refractivity contribution is 5.77. The van der Waals surface area contributed by atoms with Gasteiger partial charge in [0.2, 0.25) is 0 Å². The molecule has 0 saturated heterocycles. The van der Waals surface area contributed by atoms with Gasteiger partial charge in [-0.3, -0.25) is 4.79 Å². The second kappa shape index (κ2) is 4.51. The fourth-order valence-corrected chi connectivity index (χ4v) is 0.777. The van der Waals surface area contributed by atoms with Crippen LogP contribution < -0.4 is 5.73 Å². The Kier molecular flexibility index (Phi) is 3.29. The van der Waals surface area contributed by atoms with Crippen LogP contribution in [0.5, 0.6) is 0 Å². The van der Waals surface area contributed by atoms with E-state index < -0.39 is 5.97 Å². The number of ether oxygens (including phenoxy) is 1. The summed E-state index contributed by atoms with van der Waals surface area (Å²) < 4.78 is 4.76. The van der Waals surface area contributed by atoms with E-state index in [0.29, 0.717) is 0 Å². The van der Waals surface area contributed by atoms with E-state index in [1.165, 1.54) is 0 Å². The summed E-state index contributed by atoms with van der Waals surface area (Å²) >= 11 is 0. The number of hydrogen-bond donors (Lipinski definition) is 1. The molecule has 0 aliphatic carbocycles. The van der Waals surface area contributed by atoms with Crippen molar-refractivity contribution in [3.63, 3.8) is 0 Å². The van der Waals surface area contributed by atoms with Gasteiger partial charge in [0, 0.05) is 0 Å². The molecule has 1 aromatic rings. The molecule has 0 heterocycles. The van der Waals surface area contributed by atoms with Crippen LogP contribution in [0.25, 0.3) is 0 Å². The van der Waals surface area contributed by atoms with Crippen molar-refractivity contribution >= 4 is 5.97 Å². The van der Waals surface area contributed by atoms with Gasteiger partial charge in [0.05, 0.1) is 0 Å². The summed E-state index contributed by atoms with van der Waals surface area (Å²) in [4.78, 5) is 10.6. The topological polar surface area (TPSA) is 52.3 Å². The van der Waals surface area contributed by atoms with Crippen molar-refractivity contribution in [2.45, 2.75) is 6.61 Å². The Morgan fingerprint density at radius 3 is 2.67 bits per heavy atom. The zero-order valence-electron chi connectivity index (χ0n) is 6.57. The van der Waals surface area contributed by atoms with E-state index in [1.54, 1.807) is 0 Å². The molecule has 12 heavy (non-hydrogen) atoms. The van der Waals surface area contributed by atoms with Gasteiger partial charge < -0.3 is 10.5 Å². The standard InChI is InChI=1S/C9H10NO2/c10-6-9(11)12-7-8-4-2-1-3-5-8/h1-6H,7,10H2. The van der Waals surface area contributed by atoms with E-state index in [0.717, 1.165) is 12.1 Å². The molecule has 0 aliphatic rings. The average Bonchev–Trinajstić information content (AvgIpc) is 2.16. The summed E-state index contributed by atoms with van der Waals surface area (Å²) in [5.74, 6) is -0.501. The summed E-state index contributed by atoms with van der Waals surface area (Å²) in [7, 11) is 0. The number of nitrogens with two attached hydrogens (primary N) is 1. The Morgan fingerprint density at radius 2 is 2.08 bits per heavy atom. The molecule has 0 spiro atoms. The van der Waals surface area contributed by atoms with E-state index in [2.05, 4.69) is 0 Å². The smallest absolute Gasteiger partial charge is 0.325 e. The van der Waals surface area contributed by atoms with Gasteiger partial charge in [0.1, 0.15) is 13.2 Å². The second-order valence-corrected chi connectivity index (χ2v) is 2.26. The molecule has 0 unspecified atom stereocenters. The first kappa shape index (κ1) is 8.74. The lowest BCUT2D eigenvalue weighted by atomic mass is 10.2. The monoisotopic (exact) mass is 164 g/mol. The predicted octanol–water partition coefficient (Wildman–Crippen LogP) is 0.850. The van der Waals surface area contributed by atoms with Crippen LogP contribution >= 0.6 is 0 Å². The van der Waals surface area contributed by atoms with Gasteiger partial charge in [0.25, 0.3) is 0 Å². The third-order valence-corrected chi connectivity index (χ3v) is 1.36. The van der Waals surface area contributed by atoms with E-state index >= 15 is 0 Å². The largest absolute Gasteiger partial charge is 0.460 e. The van der Waals surface area contributed by atoms with Crippen molar-refractivity contribution in [2.24, 2.45) is 5.73 Å². The zero-order chi connectivity index (χ0) is 8.81. The van der Waals surface area contributed by atoms with Gasteiger partial charge in [-0.1, -0.05) is 30.3 Å². The number of carbonyl (C=O) groups is 1. The molecule has 0 amide bonds. The fraction of sp³-hybridized carbons (Fsp3) is 0.111. The van der Waals surface area contributed by atoms with Gasteiger partial charge in [-0.15, -0.1) is 0 Å². The summed E-state index contributed by atoms with van der Waals surface area (Å²) in [5.41, 5.74) is 5.89. The number of carbonyl (C=O) groups excluding carboxylic acids is 1. The van der Waals surface area contributed by atoms with Crippen LogP contribution in [0.2, 0.25) is 0 Å². The Balaban J connectivity index is 2.38. The first-order valence-corrected chi connectivity index (χ1v) is 3.58. The van der Waals surface area contributed by atoms with Crippen LogP contribution in [-0.2, 0) is 16.1 Å². The second-order valence-electron chi connectivity index (χ2n) is 2.26. The van der Waals surface area contributed by atoms with Crippen molar-refractivity contribution in [1.29, 1.82) is 0 Å². The normalized spacial score (nSPS) is 9.42. The molecule has 0 aromatic heterocycles. The molecule has 1 radical (unpaired) electrons. The van der Waals surface area contributed by atoms with E-state index in [9.17, 15) is 4.79 Å². The van der Waals surface area contributed by atoms with Crippen LogP contribution in [-0.4, -0.2) is 5.97 Å². The summed E-state index contributed by atoms with van der Waals surface area (Å²) in [6.07, 6.45) is 0. The molecule has 0 fully saturated rings. The van der Waals surface area contributed by atoms with Crippen molar-refractivity contribution in [3.8, 4) is 0 Å². The van der Waals surface area contributed by atoms with Crippen molar-refractivity contribution in [3.05, 3.63) is 42.4 Å². The quantitative estimate of drug-likeness (QED) is 0.674. The molecular weight excluding hydrogens is 154 g/mol. The van der Waals surface area contributed by atoms with Crippen molar-refractivity contribution in [2.75, 3.05) is 0 Å². The molecule has 0 saturated carbocycles. The molecule has 3 heteroatoms. The Bertz CT molecular complexity index is 246. The highest BCUT2D eigenvalue weighted by atomic mass is 16.5. The van der Waals surface area contributed by atoms with Crippen molar-refractivity contribution < 1.29 is 9.53 Å². The van der Waals surface area contributed by atoms with Crippen LogP contribution in [0.15, 0.2) is 30.3 Å². The predicted molar refractivity (Wildman–Crippen MR) is 44.7 cm³/mol. The Labute approximate surface area is 71.1 Å². The maximum Gasteiger partial charge on any atom is 0.325 e. The van der Waals surface area contributed by atoms with Gasteiger partial charge in [-0.2, -0.15) is 0 Å². The van der Waals surface area contributed by atoms with Crippen LogP contribution in [0, 0.1) is 6.54 Å². The minimum atomic E-state index is -0.501. The molecule has 2 N–H and O–H groups in total. The van der Waals surface area contributed by atoms with E-state index in [-0.39, 0.29) is 6.61 Å². The number of rotatable bonds is 3. The van der Waals surface area contributed by atoms with Gasteiger partial charge in [-0.05, 0) is 5.56 Å². The molecule has 0 aliphatic heterocycles. The molecule has 3 nitrogen and oxygen atoms in total. The number of esters is 1. The minimum Gasteiger partial charge on any atom is -0.460 e. The first-order chi connectivity index (χ1) is 5.83.